The molecule has 0 aromatic carbocycles. The molecule has 0 spiro atoms. The molecule has 0 radical (unpaired) electrons. The molecule has 2 bridgehead atoms. The number of halogens is 1. The van der Waals surface area contributed by atoms with Crippen LogP contribution in [0.4, 0.5) is 5.82 Å². The van der Waals surface area contributed by atoms with Gasteiger partial charge in [-0.3, -0.25) is 0 Å². The maximum absolute atomic E-state index is 6.07. The molecule has 0 aliphatic heterocycles. The van der Waals surface area contributed by atoms with E-state index in [0.717, 1.165) is 33.4 Å². The van der Waals surface area contributed by atoms with E-state index in [-0.39, 0.29) is 0 Å². The lowest BCUT2D eigenvalue weighted by Gasteiger charge is -2.42. The van der Waals surface area contributed by atoms with Crippen molar-refractivity contribution < 1.29 is 0 Å². The zero-order valence-corrected chi connectivity index (χ0v) is 16.7. The predicted octanol–water partition coefficient (Wildman–Crippen LogP) is 5.27. The van der Waals surface area contributed by atoms with Crippen LogP contribution < -0.4 is 5.32 Å². The summed E-state index contributed by atoms with van der Waals surface area (Å²) in [4.78, 5) is 22.6. The Labute approximate surface area is 170 Å². The number of rotatable bonds is 3. The van der Waals surface area contributed by atoms with Crippen LogP contribution in [0.3, 0.4) is 0 Å². The second kappa shape index (κ2) is 6.39. The van der Waals surface area contributed by atoms with Crippen LogP contribution in [0.2, 0.25) is 5.15 Å². The van der Waals surface area contributed by atoms with Gasteiger partial charge >= 0.3 is 0 Å². The summed E-state index contributed by atoms with van der Waals surface area (Å²) >= 11 is 7.71. The van der Waals surface area contributed by atoms with Gasteiger partial charge in [0.1, 0.15) is 21.3 Å². The van der Waals surface area contributed by atoms with Gasteiger partial charge in [0.25, 0.3) is 0 Å². The van der Waals surface area contributed by atoms with Crippen molar-refractivity contribution in [3.8, 4) is 11.4 Å². The normalized spacial score (nSPS) is 24.2. The Bertz CT molecular complexity index is 1180. The van der Waals surface area contributed by atoms with Gasteiger partial charge in [-0.1, -0.05) is 24.4 Å². The number of aromatic nitrogens is 5. The SMILES string of the molecule is Clc1cnc2[nH]cc(-c3nc(NC4CC5CCC4CC5)c4ccsc4n3)c2n1. The number of fused-ring (bicyclic) bond motifs is 5. The number of hydrogen-bond acceptors (Lipinski definition) is 6. The summed E-state index contributed by atoms with van der Waals surface area (Å²) in [6.45, 7) is 0. The second-order valence-corrected chi connectivity index (χ2v) is 9.18. The van der Waals surface area contributed by atoms with Crippen molar-refractivity contribution in [2.75, 3.05) is 5.32 Å². The molecule has 3 fully saturated rings. The van der Waals surface area contributed by atoms with E-state index < -0.39 is 0 Å². The van der Waals surface area contributed by atoms with Crippen molar-refractivity contribution in [3.05, 3.63) is 29.0 Å². The Hall–Kier alpha value is -2.25. The fourth-order valence-electron chi connectivity index (χ4n) is 4.86. The molecule has 1 atom stereocenters. The van der Waals surface area contributed by atoms with Gasteiger partial charge in [-0.15, -0.1) is 11.3 Å². The van der Waals surface area contributed by atoms with Gasteiger partial charge in [-0.25, -0.2) is 19.9 Å². The number of thiophene rings is 1. The molecule has 28 heavy (non-hydrogen) atoms. The Kier molecular flexibility index (Phi) is 3.81. The molecule has 0 amide bonds. The van der Waals surface area contributed by atoms with Gasteiger partial charge in [0, 0.05) is 12.2 Å². The molecule has 0 saturated heterocycles. The molecule has 4 aromatic rings. The number of nitrogens with one attached hydrogen (secondary N) is 2. The summed E-state index contributed by atoms with van der Waals surface area (Å²) < 4.78 is 0. The van der Waals surface area contributed by atoms with E-state index in [1.54, 1.807) is 17.5 Å². The van der Waals surface area contributed by atoms with E-state index in [4.69, 9.17) is 21.6 Å². The van der Waals surface area contributed by atoms with Gasteiger partial charge in [0.15, 0.2) is 11.5 Å². The minimum Gasteiger partial charge on any atom is -0.366 e. The quantitative estimate of drug-likeness (QED) is 0.480. The minimum absolute atomic E-state index is 0.363. The maximum Gasteiger partial charge on any atom is 0.166 e. The smallest absolute Gasteiger partial charge is 0.166 e. The standard InChI is InChI=1S/C20H19ClN6S/c21-15-9-23-19-16(25-15)13(8-22-19)18-26-17(12-5-6-28-20(12)27-18)24-14-7-10-1-3-11(14)4-2-10/h5-6,8-11,14H,1-4,7H2,(H,22,23)(H,24,26,27). The first-order chi connectivity index (χ1) is 13.7. The van der Waals surface area contributed by atoms with Crippen LogP contribution in [0.25, 0.3) is 32.8 Å². The highest BCUT2D eigenvalue weighted by atomic mass is 35.5. The van der Waals surface area contributed by atoms with E-state index in [2.05, 4.69) is 31.7 Å². The summed E-state index contributed by atoms with van der Waals surface area (Å²) in [7, 11) is 0. The number of nitrogens with zero attached hydrogens (tertiary/aromatic N) is 4. The Morgan fingerprint density at radius 2 is 2.04 bits per heavy atom. The molecular weight excluding hydrogens is 392 g/mol. The molecule has 3 aliphatic carbocycles. The van der Waals surface area contributed by atoms with Crippen molar-refractivity contribution in [1.29, 1.82) is 0 Å². The lowest BCUT2D eigenvalue weighted by atomic mass is 9.68. The Morgan fingerprint density at radius 3 is 2.86 bits per heavy atom. The van der Waals surface area contributed by atoms with Crippen LogP contribution in [-0.2, 0) is 0 Å². The van der Waals surface area contributed by atoms with Crippen LogP contribution in [-0.4, -0.2) is 31.0 Å². The van der Waals surface area contributed by atoms with Gasteiger partial charge < -0.3 is 10.3 Å². The molecule has 7 rings (SSSR count). The van der Waals surface area contributed by atoms with Gasteiger partial charge in [-0.05, 0) is 42.5 Å². The van der Waals surface area contributed by atoms with E-state index in [9.17, 15) is 0 Å². The largest absolute Gasteiger partial charge is 0.366 e. The fourth-order valence-corrected chi connectivity index (χ4v) is 5.75. The van der Waals surface area contributed by atoms with Crippen LogP contribution in [0, 0.1) is 11.8 Å². The second-order valence-electron chi connectivity index (χ2n) is 7.89. The van der Waals surface area contributed by atoms with Gasteiger partial charge in [0.05, 0.1) is 17.1 Å². The molecule has 142 valence electrons. The summed E-state index contributed by atoms with van der Waals surface area (Å²) in [6.07, 6.45) is 10.1. The highest BCUT2D eigenvalue weighted by molar-refractivity contribution is 7.16. The fraction of sp³-hybridized carbons (Fsp3) is 0.400. The zero-order chi connectivity index (χ0) is 18.7. The average Bonchev–Trinajstić information content (AvgIpc) is 3.35. The molecular formula is C20H19ClN6S. The Morgan fingerprint density at radius 1 is 1.14 bits per heavy atom. The number of aromatic amines is 1. The molecule has 4 heterocycles. The first-order valence-corrected chi connectivity index (χ1v) is 11.0. The van der Waals surface area contributed by atoms with E-state index in [1.807, 2.05) is 6.20 Å². The van der Waals surface area contributed by atoms with Crippen molar-refractivity contribution >= 4 is 50.1 Å². The molecule has 6 nitrogen and oxygen atoms in total. The summed E-state index contributed by atoms with van der Waals surface area (Å²) in [5.41, 5.74) is 2.22. The van der Waals surface area contributed by atoms with E-state index in [1.165, 1.54) is 32.1 Å². The average molecular weight is 411 g/mol. The Balaban J connectivity index is 1.45. The monoisotopic (exact) mass is 410 g/mol. The highest BCUT2D eigenvalue weighted by Gasteiger charge is 2.36. The first kappa shape index (κ1) is 16.7. The molecule has 4 aromatic heterocycles. The first-order valence-electron chi connectivity index (χ1n) is 9.76. The number of H-pyrrole nitrogens is 1. The number of anilines is 1. The third kappa shape index (κ3) is 2.68. The third-order valence-corrected chi connectivity index (χ3v) is 7.28. The summed E-state index contributed by atoms with van der Waals surface area (Å²) in [5.74, 6) is 3.21. The third-order valence-electron chi connectivity index (χ3n) is 6.29. The zero-order valence-electron chi connectivity index (χ0n) is 15.2. The van der Waals surface area contributed by atoms with E-state index >= 15 is 0 Å². The molecule has 3 aliphatic rings. The molecule has 3 saturated carbocycles. The van der Waals surface area contributed by atoms with Crippen molar-refractivity contribution in [2.24, 2.45) is 11.8 Å². The van der Waals surface area contributed by atoms with Crippen LogP contribution >= 0.6 is 22.9 Å². The minimum atomic E-state index is 0.363. The van der Waals surface area contributed by atoms with Gasteiger partial charge in [-0.2, -0.15) is 0 Å². The van der Waals surface area contributed by atoms with Crippen molar-refractivity contribution in [2.45, 2.75) is 38.1 Å². The lowest BCUT2D eigenvalue weighted by Crippen LogP contribution is -2.40. The summed E-state index contributed by atoms with van der Waals surface area (Å²) in [6, 6.07) is 2.62. The van der Waals surface area contributed by atoms with Crippen LogP contribution in [0.15, 0.2) is 23.8 Å². The van der Waals surface area contributed by atoms with Crippen molar-refractivity contribution in [3.63, 3.8) is 0 Å². The highest BCUT2D eigenvalue weighted by Crippen LogP contribution is 2.43. The maximum atomic E-state index is 6.07. The lowest BCUT2D eigenvalue weighted by molar-refractivity contribution is 0.157. The van der Waals surface area contributed by atoms with Crippen LogP contribution in [0.1, 0.15) is 32.1 Å². The van der Waals surface area contributed by atoms with E-state index in [0.29, 0.717) is 28.2 Å². The van der Waals surface area contributed by atoms with Crippen LogP contribution in [0.5, 0.6) is 0 Å². The predicted molar refractivity (Wildman–Crippen MR) is 113 cm³/mol. The summed E-state index contributed by atoms with van der Waals surface area (Å²) in [5, 5.41) is 7.32. The molecule has 8 heteroatoms. The number of hydrogen-bond donors (Lipinski definition) is 2. The van der Waals surface area contributed by atoms with Crippen molar-refractivity contribution in [1.82, 2.24) is 24.9 Å². The topological polar surface area (TPSA) is 79.4 Å². The molecule has 2 N–H and O–H groups in total. The molecule has 1 unspecified atom stereocenters. The van der Waals surface area contributed by atoms with Gasteiger partial charge in [0.2, 0.25) is 0 Å².